The number of nitrogens with one attached hydrogen (secondary N) is 1. The lowest BCUT2D eigenvalue weighted by Crippen LogP contribution is -2.21. The zero-order valence-electron chi connectivity index (χ0n) is 12.9. The van der Waals surface area contributed by atoms with E-state index in [9.17, 15) is 4.79 Å². The van der Waals surface area contributed by atoms with Gasteiger partial charge in [0.1, 0.15) is 6.42 Å². The summed E-state index contributed by atoms with van der Waals surface area (Å²) in [6, 6.07) is 5.33. The Balaban J connectivity index is 2.84. The molecule has 1 aromatic carbocycles. The molecule has 1 rings (SSSR count). The van der Waals surface area contributed by atoms with Crippen molar-refractivity contribution in [3.05, 3.63) is 22.7 Å². The Kier molecular flexibility index (Phi) is 8.16. The molecule has 0 aliphatic heterocycles. The molecule has 0 heterocycles. The van der Waals surface area contributed by atoms with Gasteiger partial charge in [0, 0.05) is 6.54 Å². The maximum absolute atomic E-state index is 11.3. The van der Waals surface area contributed by atoms with E-state index in [2.05, 4.69) is 12.2 Å². The molecule has 1 N–H and O–H groups in total. The number of amides is 1. The lowest BCUT2D eigenvalue weighted by Gasteiger charge is -2.15. The molecule has 0 saturated carbocycles. The third-order valence-corrected chi connectivity index (χ3v) is 3.12. The number of carbonyl (C=O) groups excluding carboxylic acids is 1. The predicted octanol–water partition coefficient (Wildman–Crippen LogP) is 3.45. The van der Waals surface area contributed by atoms with Gasteiger partial charge in [0.15, 0.2) is 11.5 Å². The van der Waals surface area contributed by atoms with Crippen LogP contribution in [-0.2, 0) is 11.3 Å². The Morgan fingerprint density at radius 2 is 2.14 bits per heavy atom. The van der Waals surface area contributed by atoms with E-state index in [0.29, 0.717) is 29.7 Å². The lowest BCUT2D eigenvalue weighted by atomic mass is 10.2. The van der Waals surface area contributed by atoms with E-state index in [1.165, 1.54) is 0 Å². The summed E-state index contributed by atoms with van der Waals surface area (Å²) in [4.78, 5) is 11.3. The number of ether oxygens (including phenoxy) is 2. The minimum absolute atomic E-state index is 0.162. The van der Waals surface area contributed by atoms with Crippen molar-refractivity contribution < 1.29 is 14.3 Å². The summed E-state index contributed by atoms with van der Waals surface area (Å²) < 4.78 is 11.3. The first kappa shape index (κ1) is 18.1. The molecule has 0 radical (unpaired) electrons. The maximum atomic E-state index is 11.3. The van der Waals surface area contributed by atoms with Gasteiger partial charge in [0.05, 0.1) is 24.3 Å². The molecule has 6 heteroatoms. The van der Waals surface area contributed by atoms with Crippen LogP contribution in [0.15, 0.2) is 12.1 Å². The van der Waals surface area contributed by atoms with E-state index >= 15 is 0 Å². The molecule has 1 aromatic rings. The van der Waals surface area contributed by atoms with Crippen LogP contribution < -0.4 is 14.8 Å². The highest BCUT2D eigenvalue weighted by Crippen LogP contribution is 2.36. The Bertz CT molecular complexity index is 541. The van der Waals surface area contributed by atoms with E-state index in [1.807, 2.05) is 6.92 Å². The second-order valence-electron chi connectivity index (χ2n) is 4.65. The average Bonchev–Trinajstić information content (AvgIpc) is 2.48. The van der Waals surface area contributed by atoms with Crippen molar-refractivity contribution in [3.63, 3.8) is 0 Å². The predicted molar refractivity (Wildman–Crippen MR) is 85.1 cm³/mol. The standard InChI is InChI=1S/C16H21ClN2O3/c1-3-5-8-22-16-13(17)9-12(10-14(16)21-4-2)11-19-15(20)6-7-18/h9-10H,3-6,8,11H2,1-2H3,(H,19,20). The summed E-state index contributed by atoms with van der Waals surface area (Å²) in [5.74, 6) is 0.777. The average molecular weight is 325 g/mol. The molecule has 22 heavy (non-hydrogen) atoms. The molecule has 0 spiro atoms. The fourth-order valence-electron chi connectivity index (χ4n) is 1.78. The number of rotatable bonds is 9. The number of unbranched alkanes of at least 4 members (excludes halogenated alkanes) is 1. The van der Waals surface area contributed by atoms with Crippen LogP contribution in [0.25, 0.3) is 0 Å². The van der Waals surface area contributed by atoms with E-state index in [-0.39, 0.29) is 18.9 Å². The Hall–Kier alpha value is -1.93. The molecule has 0 bridgehead atoms. The van der Waals surface area contributed by atoms with Crippen LogP contribution in [0.3, 0.4) is 0 Å². The van der Waals surface area contributed by atoms with Crippen LogP contribution in [0.1, 0.15) is 38.7 Å². The number of halogens is 1. The van der Waals surface area contributed by atoms with Crippen molar-refractivity contribution in [2.45, 2.75) is 39.7 Å². The third kappa shape index (κ3) is 5.82. The molecule has 120 valence electrons. The van der Waals surface area contributed by atoms with E-state index in [0.717, 1.165) is 18.4 Å². The molecule has 5 nitrogen and oxygen atoms in total. The molecule has 0 aliphatic carbocycles. The Labute approximate surface area is 136 Å². The Morgan fingerprint density at radius 3 is 2.77 bits per heavy atom. The van der Waals surface area contributed by atoms with Gasteiger partial charge in [-0.3, -0.25) is 4.79 Å². The number of benzene rings is 1. The molecule has 1 amide bonds. The van der Waals surface area contributed by atoms with Crippen molar-refractivity contribution >= 4 is 17.5 Å². The van der Waals surface area contributed by atoms with Crippen molar-refractivity contribution in [2.75, 3.05) is 13.2 Å². The number of carbonyl (C=O) groups is 1. The zero-order valence-corrected chi connectivity index (χ0v) is 13.7. The first-order valence-corrected chi connectivity index (χ1v) is 7.71. The van der Waals surface area contributed by atoms with Crippen molar-refractivity contribution in [2.24, 2.45) is 0 Å². The van der Waals surface area contributed by atoms with Gasteiger partial charge in [0.2, 0.25) is 5.91 Å². The highest BCUT2D eigenvalue weighted by molar-refractivity contribution is 6.32. The largest absolute Gasteiger partial charge is 0.490 e. The number of hydrogen-bond donors (Lipinski definition) is 1. The van der Waals surface area contributed by atoms with Gasteiger partial charge >= 0.3 is 0 Å². The van der Waals surface area contributed by atoms with Crippen LogP contribution in [0.4, 0.5) is 0 Å². The van der Waals surface area contributed by atoms with Gasteiger partial charge in [-0.25, -0.2) is 0 Å². The van der Waals surface area contributed by atoms with Gasteiger partial charge in [0.25, 0.3) is 0 Å². The number of hydrogen-bond acceptors (Lipinski definition) is 4. The van der Waals surface area contributed by atoms with Crippen LogP contribution >= 0.6 is 11.6 Å². The molecule has 0 fully saturated rings. The third-order valence-electron chi connectivity index (χ3n) is 2.84. The SMILES string of the molecule is CCCCOc1c(Cl)cc(CNC(=O)CC#N)cc1OCC. The molecular weight excluding hydrogens is 304 g/mol. The number of nitriles is 1. The van der Waals surface area contributed by atoms with Gasteiger partial charge in [-0.05, 0) is 31.0 Å². The van der Waals surface area contributed by atoms with Crippen LogP contribution in [0.2, 0.25) is 5.02 Å². The van der Waals surface area contributed by atoms with Crippen LogP contribution in [0.5, 0.6) is 11.5 Å². The molecule has 0 saturated heterocycles. The molecule has 0 atom stereocenters. The van der Waals surface area contributed by atoms with Crippen molar-refractivity contribution in [3.8, 4) is 17.6 Å². The monoisotopic (exact) mass is 324 g/mol. The van der Waals surface area contributed by atoms with Gasteiger partial charge in [-0.1, -0.05) is 24.9 Å². The second kappa shape index (κ2) is 9.91. The van der Waals surface area contributed by atoms with E-state index < -0.39 is 0 Å². The van der Waals surface area contributed by atoms with Crippen LogP contribution in [0, 0.1) is 11.3 Å². The minimum Gasteiger partial charge on any atom is -0.490 e. The highest BCUT2D eigenvalue weighted by atomic mass is 35.5. The van der Waals surface area contributed by atoms with Gasteiger partial charge in [-0.2, -0.15) is 5.26 Å². The fraction of sp³-hybridized carbons (Fsp3) is 0.500. The normalized spacial score (nSPS) is 9.91. The van der Waals surface area contributed by atoms with Gasteiger partial charge < -0.3 is 14.8 Å². The van der Waals surface area contributed by atoms with E-state index in [1.54, 1.807) is 18.2 Å². The topological polar surface area (TPSA) is 71.3 Å². The highest BCUT2D eigenvalue weighted by Gasteiger charge is 2.13. The first-order valence-electron chi connectivity index (χ1n) is 7.34. The summed E-state index contributed by atoms with van der Waals surface area (Å²) in [6.45, 7) is 5.32. The van der Waals surface area contributed by atoms with Crippen molar-refractivity contribution in [1.82, 2.24) is 5.32 Å². The first-order chi connectivity index (χ1) is 10.6. The quantitative estimate of drug-likeness (QED) is 0.706. The summed E-state index contributed by atoms with van der Waals surface area (Å²) >= 11 is 6.26. The Morgan fingerprint density at radius 1 is 1.36 bits per heavy atom. The minimum atomic E-state index is -0.320. The summed E-state index contributed by atoms with van der Waals surface area (Å²) in [5, 5.41) is 11.6. The smallest absolute Gasteiger partial charge is 0.234 e. The van der Waals surface area contributed by atoms with Crippen LogP contribution in [-0.4, -0.2) is 19.1 Å². The molecule has 0 unspecified atom stereocenters. The van der Waals surface area contributed by atoms with Crippen molar-refractivity contribution in [1.29, 1.82) is 5.26 Å². The molecule has 0 aromatic heterocycles. The zero-order chi connectivity index (χ0) is 16.4. The number of nitrogens with zero attached hydrogens (tertiary/aromatic N) is 1. The molecule has 0 aliphatic rings. The second-order valence-corrected chi connectivity index (χ2v) is 5.06. The molecular formula is C16H21ClN2O3. The van der Waals surface area contributed by atoms with E-state index in [4.69, 9.17) is 26.3 Å². The van der Waals surface area contributed by atoms with Gasteiger partial charge in [-0.15, -0.1) is 0 Å². The summed E-state index contributed by atoms with van der Waals surface area (Å²) in [6.07, 6.45) is 1.81. The lowest BCUT2D eigenvalue weighted by molar-refractivity contribution is -0.120. The fourth-order valence-corrected chi connectivity index (χ4v) is 2.07. The summed E-state index contributed by atoms with van der Waals surface area (Å²) in [5.41, 5.74) is 0.794. The maximum Gasteiger partial charge on any atom is 0.234 e. The summed E-state index contributed by atoms with van der Waals surface area (Å²) in [7, 11) is 0.